The number of carbonyl (C=O) groups is 3. The Bertz CT molecular complexity index is 672. The van der Waals surface area contributed by atoms with Crippen LogP contribution < -0.4 is 5.32 Å². The Morgan fingerprint density at radius 2 is 1.85 bits per heavy atom. The highest BCUT2D eigenvalue weighted by atomic mass is 35.5. The molecule has 2 amide bonds. The Kier molecular flexibility index (Phi) is 8.37. The smallest absolute Gasteiger partial charge is 0.306 e. The zero-order chi connectivity index (χ0) is 19.9. The Labute approximate surface area is 163 Å². The summed E-state index contributed by atoms with van der Waals surface area (Å²) in [5.74, 6) is -1.03. The standard InChI is InChI=1S/C18H24Cl2N2O4/c1-18(2,3)26-16(24)6-5-9-22(4)15(23)11-21-17(25)13-8-7-12(19)10-14(13)20/h7-8,10H,5-6,9,11H2,1-4H3,(H,21,25). The molecule has 0 atom stereocenters. The van der Waals surface area contributed by atoms with E-state index in [1.54, 1.807) is 33.9 Å². The molecule has 6 nitrogen and oxygen atoms in total. The summed E-state index contributed by atoms with van der Waals surface area (Å²) in [4.78, 5) is 37.2. The van der Waals surface area contributed by atoms with Gasteiger partial charge in [-0.2, -0.15) is 0 Å². The fourth-order valence-electron chi connectivity index (χ4n) is 2.04. The molecular formula is C18H24Cl2N2O4. The molecule has 8 heteroatoms. The summed E-state index contributed by atoms with van der Waals surface area (Å²) < 4.78 is 5.21. The van der Waals surface area contributed by atoms with Gasteiger partial charge >= 0.3 is 5.97 Å². The highest BCUT2D eigenvalue weighted by Gasteiger charge is 2.17. The third-order valence-electron chi connectivity index (χ3n) is 3.30. The lowest BCUT2D eigenvalue weighted by Gasteiger charge is -2.20. The van der Waals surface area contributed by atoms with Gasteiger partial charge in [0.05, 0.1) is 17.1 Å². The Hall–Kier alpha value is -1.79. The number of rotatable bonds is 7. The Morgan fingerprint density at radius 1 is 1.19 bits per heavy atom. The molecule has 0 saturated carbocycles. The second kappa shape index (κ2) is 9.78. The normalized spacial score (nSPS) is 11.0. The van der Waals surface area contributed by atoms with E-state index in [1.807, 2.05) is 0 Å². The van der Waals surface area contributed by atoms with E-state index in [-0.39, 0.29) is 35.4 Å². The molecule has 0 aliphatic heterocycles. The maximum absolute atomic E-state index is 12.1. The maximum atomic E-state index is 12.1. The number of esters is 1. The fraction of sp³-hybridized carbons (Fsp3) is 0.500. The van der Waals surface area contributed by atoms with Gasteiger partial charge in [-0.3, -0.25) is 14.4 Å². The van der Waals surface area contributed by atoms with E-state index in [2.05, 4.69) is 5.32 Å². The number of likely N-dealkylation sites (N-methyl/N-ethyl adjacent to an activating group) is 1. The van der Waals surface area contributed by atoms with Crippen molar-refractivity contribution in [1.82, 2.24) is 10.2 Å². The van der Waals surface area contributed by atoms with Crippen LogP contribution in [0.5, 0.6) is 0 Å². The van der Waals surface area contributed by atoms with Crippen molar-refractivity contribution in [3.8, 4) is 0 Å². The van der Waals surface area contributed by atoms with E-state index in [9.17, 15) is 14.4 Å². The number of nitrogens with zero attached hydrogens (tertiary/aromatic N) is 1. The van der Waals surface area contributed by atoms with E-state index < -0.39 is 11.5 Å². The van der Waals surface area contributed by atoms with Crippen molar-refractivity contribution < 1.29 is 19.1 Å². The van der Waals surface area contributed by atoms with Gasteiger partial charge in [0.25, 0.3) is 5.91 Å². The molecule has 0 unspecified atom stereocenters. The van der Waals surface area contributed by atoms with Gasteiger partial charge in [0.15, 0.2) is 0 Å². The third-order valence-corrected chi connectivity index (χ3v) is 3.84. The van der Waals surface area contributed by atoms with E-state index in [0.717, 1.165) is 0 Å². The van der Waals surface area contributed by atoms with Gasteiger partial charge in [0, 0.05) is 25.0 Å². The van der Waals surface area contributed by atoms with Crippen molar-refractivity contribution in [2.45, 2.75) is 39.2 Å². The summed E-state index contributed by atoms with van der Waals surface area (Å²) in [6, 6.07) is 4.50. The predicted molar refractivity (Wildman–Crippen MR) is 102 cm³/mol. The highest BCUT2D eigenvalue weighted by Crippen LogP contribution is 2.20. The van der Waals surface area contributed by atoms with Crippen molar-refractivity contribution in [3.05, 3.63) is 33.8 Å². The number of ether oxygens (including phenoxy) is 1. The largest absolute Gasteiger partial charge is 0.460 e. The van der Waals surface area contributed by atoms with Crippen LogP contribution in [0.1, 0.15) is 44.0 Å². The summed E-state index contributed by atoms with van der Waals surface area (Å²) in [6.45, 7) is 5.62. The average Bonchev–Trinajstić information content (AvgIpc) is 2.50. The number of hydrogen-bond donors (Lipinski definition) is 1. The highest BCUT2D eigenvalue weighted by molar-refractivity contribution is 6.36. The van der Waals surface area contributed by atoms with Crippen LogP contribution in [-0.4, -0.2) is 48.4 Å². The summed E-state index contributed by atoms with van der Waals surface area (Å²) in [5.41, 5.74) is -0.275. The number of halogens is 2. The van der Waals surface area contributed by atoms with Crippen molar-refractivity contribution in [2.75, 3.05) is 20.1 Å². The molecular weight excluding hydrogens is 379 g/mol. The van der Waals surface area contributed by atoms with Crippen LogP contribution in [0.3, 0.4) is 0 Å². The molecule has 1 aromatic carbocycles. The summed E-state index contributed by atoms with van der Waals surface area (Å²) in [6.07, 6.45) is 0.704. The van der Waals surface area contributed by atoms with Crippen LogP contribution in [0, 0.1) is 0 Å². The minimum Gasteiger partial charge on any atom is -0.460 e. The second-order valence-electron chi connectivity index (χ2n) is 6.81. The molecule has 0 bridgehead atoms. The number of nitrogens with one attached hydrogen (secondary N) is 1. The molecule has 0 fully saturated rings. The SMILES string of the molecule is CN(CCCC(=O)OC(C)(C)C)C(=O)CNC(=O)c1ccc(Cl)cc1Cl. The van der Waals surface area contributed by atoms with Gasteiger partial charge in [-0.1, -0.05) is 23.2 Å². The van der Waals surface area contributed by atoms with E-state index in [4.69, 9.17) is 27.9 Å². The zero-order valence-electron chi connectivity index (χ0n) is 15.4. The van der Waals surface area contributed by atoms with Gasteiger partial charge < -0.3 is 15.0 Å². The first kappa shape index (κ1) is 22.3. The molecule has 0 aromatic heterocycles. The predicted octanol–water partition coefficient (Wildman–Crippen LogP) is 3.30. The minimum atomic E-state index is -0.522. The van der Waals surface area contributed by atoms with E-state index >= 15 is 0 Å². The van der Waals surface area contributed by atoms with Crippen LogP contribution in [0.25, 0.3) is 0 Å². The molecule has 0 heterocycles. The van der Waals surface area contributed by atoms with E-state index in [1.165, 1.54) is 17.0 Å². The number of benzene rings is 1. The first-order chi connectivity index (χ1) is 12.0. The topological polar surface area (TPSA) is 75.7 Å². The molecule has 26 heavy (non-hydrogen) atoms. The second-order valence-corrected chi connectivity index (χ2v) is 7.66. The van der Waals surface area contributed by atoms with Crippen molar-refractivity contribution >= 4 is 41.0 Å². The van der Waals surface area contributed by atoms with Gasteiger partial charge in [0.1, 0.15) is 5.60 Å². The molecule has 1 N–H and O–H groups in total. The summed E-state index contributed by atoms with van der Waals surface area (Å²) in [7, 11) is 1.61. The lowest BCUT2D eigenvalue weighted by Crippen LogP contribution is -2.38. The number of hydrogen-bond acceptors (Lipinski definition) is 4. The van der Waals surface area contributed by atoms with Crippen LogP contribution in [0.15, 0.2) is 18.2 Å². The van der Waals surface area contributed by atoms with E-state index in [0.29, 0.717) is 18.0 Å². The zero-order valence-corrected chi connectivity index (χ0v) is 16.9. The maximum Gasteiger partial charge on any atom is 0.306 e. The lowest BCUT2D eigenvalue weighted by atomic mass is 10.2. The summed E-state index contributed by atoms with van der Waals surface area (Å²) >= 11 is 11.7. The quantitative estimate of drug-likeness (QED) is 0.709. The monoisotopic (exact) mass is 402 g/mol. The van der Waals surface area contributed by atoms with Crippen molar-refractivity contribution in [1.29, 1.82) is 0 Å². The lowest BCUT2D eigenvalue weighted by molar-refractivity contribution is -0.155. The molecule has 1 aromatic rings. The van der Waals surface area contributed by atoms with Gasteiger partial charge in [-0.15, -0.1) is 0 Å². The number of amides is 2. The fourth-order valence-corrected chi connectivity index (χ4v) is 2.53. The van der Waals surface area contributed by atoms with Crippen molar-refractivity contribution in [2.24, 2.45) is 0 Å². The molecule has 0 saturated heterocycles. The summed E-state index contributed by atoms with van der Waals surface area (Å²) in [5, 5.41) is 3.16. The molecule has 0 aliphatic carbocycles. The molecule has 0 spiro atoms. The first-order valence-corrected chi connectivity index (χ1v) is 8.94. The van der Waals surface area contributed by atoms with Gasteiger partial charge in [0.2, 0.25) is 5.91 Å². The van der Waals surface area contributed by atoms with Crippen LogP contribution in [-0.2, 0) is 14.3 Å². The first-order valence-electron chi connectivity index (χ1n) is 8.18. The van der Waals surface area contributed by atoms with Crippen LogP contribution in [0.2, 0.25) is 10.0 Å². The number of carbonyl (C=O) groups excluding carboxylic acids is 3. The van der Waals surface area contributed by atoms with Gasteiger partial charge in [-0.25, -0.2) is 0 Å². The molecule has 0 radical (unpaired) electrons. The average molecular weight is 403 g/mol. The molecule has 144 valence electrons. The van der Waals surface area contributed by atoms with Crippen molar-refractivity contribution in [3.63, 3.8) is 0 Å². The molecule has 0 aliphatic rings. The van der Waals surface area contributed by atoms with Crippen LogP contribution in [0.4, 0.5) is 0 Å². The minimum absolute atomic E-state index is 0.166. The molecule has 1 rings (SSSR count). The van der Waals surface area contributed by atoms with Gasteiger partial charge in [-0.05, 0) is 45.4 Å². The third kappa shape index (κ3) is 8.06. The van der Waals surface area contributed by atoms with Crippen LogP contribution >= 0.6 is 23.2 Å². The Morgan fingerprint density at radius 3 is 2.42 bits per heavy atom. The Balaban J connectivity index is 2.38.